The van der Waals surface area contributed by atoms with E-state index in [1.54, 1.807) is 30.3 Å². The molecule has 3 aromatic rings. The highest BCUT2D eigenvalue weighted by Gasteiger charge is 2.11. The Bertz CT molecular complexity index is 1020. The molecule has 0 saturated carbocycles. The van der Waals surface area contributed by atoms with Gasteiger partial charge in [-0.15, -0.1) is 0 Å². The Hall–Kier alpha value is -2.93. The van der Waals surface area contributed by atoms with Crippen LogP contribution in [0.5, 0.6) is 0 Å². The number of halogens is 3. The second kappa shape index (κ2) is 7.75. The van der Waals surface area contributed by atoms with Crippen molar-refractivity contribution in [2.75, 3.05) is 16.4 Å². The molecule has 4 N–H and O–H groups in total. The zero-order valence-corrected chi connectivity index (χ0v) is 15.9. The van der Waals surface area contributed by atoms with Gasteiger partial charge in [0.15, 0.2) is 0 Å². The SMILES string of the molecule is CC(=O)Nc1cc(Nc2ccc(Br)cc2N)cc(-c2cc(F)ccc2F)c1. The fraction of sp³-hybridized carbons (Fsp3) is 0.0500. The minimum atomic E-state index is -0.564. The largest absolute Gasteiger partial charge is 0.397 e. The van der Waals surface area contributed by atoms with Gasteiger partial charge in [0, 0.05) is 28.3 Å². The Morgan fingerprint density at radius 1 is 1.00 bits per heavy atom. The number of nitrogens with two attached hydrogens (primary N) is 1. The van der Waals surface area contributed by atoms with Crippen molar-refractivity contribution in [1.82, 2.24) is 0 Å². The Kier molecular flexibility index (Phi) is 5.41. The highest BCUT2D eigenvalue weighted by molar-refractivity contribution is 9.10. The number of carbonyl (C=O) groups excluding carboxylic acids is 1. The lowest BCUT2D eigenvalue weighted by Gasteiger charge is -2.14. The third-order valence-electron chi connectivity index (χ3n) is 3.79. The van der Waals surface area contributed by atoms with E-state index in [0.717, 1.165) is 22.7 Å². The number of carbonyl (C=O) groups is 1. The Morgan fingerprint density at radius 3 is 2.44 bits per heavy atom. The quantitative estimate of drug-likeness (QED) is 0.465. The third-order valence-corrected chi connectivity index (χ3v) is 4.28. The van der Waals surface area contributed by atoms with Gasteiger partial charge in [-0.3, -0.25) is 4.79 Å². The van der Waals surface area contributed by atoms with Gasteiger partial charge >= 0.3 is 0 Å². The molecule has 27 heavy (non-hydrogen) atoms. The zero-order chi connectivity index (χ0) is 19.6. The highest BCUT2D eigenvalue weighted by atomic mass is 79.9. The summed E-state index contributed by atoms with van der Waals surface area (Å²) in [5, 5.41) is 5.81. The minimum absolute atomic E-state index is 0.0917. The molecule has 0 spiro atoms. The first-order valence-electron chi connectivity index (χ1n) is 8.02. The summed E-state index contributed by atoms with van der Waals surface area (Å²) in [6, 6.07) is 13.5. The van der Waals surface area contributed by atoms with Crippen molar-refractivity contribution in [3.8, 4) is 11.1 Å². The number of anilines is 4. The average molecular weight is 432 g/mol. The van der Waals surface area contributed by atoms with Gasteiger partial charge in [-0.05, 0) is 60.2 Å². The van der Waals surface area contributed by atoms with E-state index in [0.29, 0.717) is 28.3 Å². The van der Waals surface area contributed by atoms with Crippen molar-refractivity contribution < 1.29 is 13.6 Å². The maximum atomic E-state index is 14.2. The summed E-state index contributed by atoms with van der Waals surface area (Å²) >= 11 is 3.34. The van der Waals surface area contributed by atoms with Crippen molar-refractivity contribution in [3.05, 3.63) is 70.7 Å². The normalized spacial score (nSPS) is 10.5. The van der Waals surface area contributed by atoms with E-state index < -0.39 is 11.6 Å². The molecule has 0 fully saturated rings. The first-order chi connectivity index (χ1) is 12.8. The summed E-state index contributed by atoms with van der Waals surface area (Å²) in [4.78, 5) is 11.5. The van der Waals surface area contributed by atoms with E-state index in [1.165, 1.54) is 6.92 Å². The summed E-state index contributed by atoms with van der Waals surface area (Å²) in [5.74, 6) is -1.39. The second-order valence-electron chi connectivity index (χ2n) is 5.96. The molecule has 3 rings (SSSR count). The van der Waals surface area contributed by atoms with Gasteiger partial charge in [0.25, 0.3) is 0 Å². The Morgan fingerprint density at radius 2 is 1.74 bits per heavy atom. The Balaban J connectivity index is 2.07. The summed E-state index contributed by atoms with van der Waals surface area (Å²) < 4.78 is 28.7. The molecule has 0 bridgehead atoms. The number of hydrogen-bond acceptors (Lipinski definition) is 3. The van der Waals surface area contributed by atoms with E-state index >= 15 is 0 Å². The van der Waals surface area contributed by atoms with E-state index in [9.17, 15) is 13.6 Å². The Labute approximate surface area is 163 Å². The van der Waals surface area contributed by atoms with Crippen molar-refractivity contribution in [3.63, 3.8) is 0 Å². The summed E-state index contributed by atoms with van der Waals surface area (Å²) in [7, 11) is 0. The van der Waals surface area contributed by atoms with E-state index in [-0.39, 0.29) is 11.5 Å². The van der Waals surface area contributed by atoms with Gasteiger partial charge in [0.1, 0.15) is 11.6 Å². The van der Waals surface area contributed by atoms with E-state index in [1.807, 2.05) is 6.07 Å². The van der Waals surface area contributed by atoms with E-state index in [2.05, 4.69) is 26.6 Å². The summed E-state index contributed by atoms with van der Waals surface area (Å²) in [6.45, 7) is 1.37. The lowest BCUT2D eigenvalue weighted by Crippen LogP contribution is -2.06. The molecular formula is C20H16BrF2N3O. The number of rotatable bonds is 4. The summed E-state index contributed by atoms with van der Waals surface area (Å²) in [5.41, 5.74) is 8.67. The number of benzene rings is 3. The van der Waals surface area contributed by atoms with Crippen LogP contribution in [0, 0.1) is 11.6 Å². The first-order valence-corrected chi connectivity index (χ1v) is 8.81. The molecule has 0 saturated heterocycles. The monoisotopic (exact) mass is 431 g/mol. The molecule has 138 valence electrons. The topological polar surface area (TPSA) is 67.2 Å². The maximum Gasteiger partial charge on any atom is 0.221 e. The number of hydrogen-bond donors (Lipinski definition) is 3. The van der Waals surface area contributed by atoms with Gasteiger partial charge in [-0.25, -0.2) is 8.78 Å². The van der Waals surface area contributed by atoms with Crippen LogP contribution < -0.4 is 16.4 Å². The number of amides is 1. The van der Waals surface area contributed by atoms with Gasteiger partial charge in [0.2, 0.25) is 5.91 Å². The standard InChI is InChI=1S/C20H16BrF2N3O/c1-11(27)25-15-6-12(17-9-14(22)3-4-18(17)23)7-16(10-15)26-20-5-2-13(21)8-19(20)24/h2-10,26H,24H2,1H3,(H,25,27). The van der Waals surface area contributed by atoms with Crippen molar-refractivity contribution in [2.45, 2.75) is 6.92 Å². The molecule has 0 aromatic heterocycles. The molecule has 4 nitrogen and oxygen atoms in total. The number of nitrogen functional groups attached to an aromatic ring is 1. The van der Waals surface area contributed by atoms with Crippen LogP contribution in [0.25, 0.3) is 11.1 Å². The van der Waals surface area contributed by atoms with Crippen LogP contribution in [0.2, 0.25) is 0 Å². The fourth-order valence-corrected chi connectivity index (χ4v) is 3.03. The van der Waals surface area contributed by atoms with E-state index in [4.69, 9.17) is 5.73 Å². The second-order valence-corrected chi connectivity index (χ2v) is 6.88. The van der Waals surface area contributed by atoms with Crippen LogP contribution >= 0.6 is 15.9 Å². The van der Waals surface area contributed by atoms with Crippen molar-refractivity contribution in [2.24, 2.45) is 0 Å². The minimum Gasteiger partial charge on any atom is -0.397 e. The predicted octanol–water partition coefficient (Wildman–Crippen LogP) is 5.68. The van der Waals surface area contributed by atoms with Crippen molar-refractivity contribution >= 4 is 44.6 Å². The molecule has 0 aliphatic carbocycles. The third kappa shape index (κ3) is 4.62. The molecule has 0 atom stereocenters. The van der Waals surface area contributed by atoms with Crippen LogP contribution in [-0.4, -0.2) is 5.91 Å². The van der Waals surface area contributed by atoms with Crippen LogP contribution in [0.15, 0.2) is 59.1 Å². The molecule has 0 heterocycles. The van der Waals surface area contributed by atoms with Crippen LogP contribution in [0.4, 0.5) is 31.5 Å². The average Bonchev–Trinajstić information content (AvgIpc) is 2.59. The summed E-state index contributed by atoms with van der Waals surface area (Å²) in [6.07, 6.45) is 0. The van der Waals surface area contributed by atoms with Crippen molar-refractivity contribution in [1.29, 1.82) is 0 Å². The molecule has 7 heteroatoms. The first kappa shape index (κ1) is 18.8. The van der Waals surface area contributed by atoms with Crippen LogP contribution in [0.3, 0.4) is 0 Å². The van der Waals surface area contributed by atoms with Gasteiger partial charge in [0.05, 0.1) is 11.4 Å². The molecule has 0 radical (unpaired) electrons. The highest BCUT2D eigenvalue weighted by Crippen LogP contribution is 2.33. The molecule has 0 aliphatic rings. The van der Waals surface area contributed by atoms with Gasteiger partial charge in [-0.2, -0.15) is 0 Å². The van der Waals surface area contributed by atoms with Crippen LogP contribution in [-0.2, 0) is 4.79 Å². The lowest BCUT2D eigenvalue weighted by atomic mass is 10.0. The molecule has 3 aromatic carbocycles. The van der Waals surface area contributed by atoms with Gasteiger partial charge < -0.3 is 16.4 Å². The van der Waals surface area contributed by atoms with Crippen LogP contribution in [0.1, 0.15) is 6.92 Å². The number of nitrogens with one attached hydrogen (secondary N) is 2. The lowest BCUT2D eigenvalue weighted by molar-refractivity contribution is -0.114. The molecule has 0 aliphatic heterocycles. The fourth-order valence-electron chi connectivity index (χ4n) is 2.65. The van der Waals surface area contributed by atoms with Gasteiger partial charge in [-0.1, -0.05) is 15.9 Å². The molecule has 1 amide bonds. The smallest absolute Gasteiger partial charge is 0.221 e. The predicted molar refractivity (Wildman–Crippen MR) is 108 cm³/mol. The molecule has 0 unspecified atom stereocenters. The maximum absolute atomic E-state index is 14.2. The molecular weight excluding hydrogens is 416 g/mol. The zero-order valence-electron chi connectivity index (χ0n) is 14.3.